The molecule has 0 aliphatic heterocycles. The second-order valence-corrected chi connectivity index (χ2v) is 6.45. The Morgan fingerprint density at radius 1 is 1.05 bits per heavy atom. The van der Waals surface area contributed by atoms with Crippen LogP contribution in [0.5, 0.6) is 5.75 Å². The summed E-state index contributed by atoms with van der Waals surface area (Å²) in [4.78, 5) is -0.234. The number of hydrogen-bond acceptors (Lipinski definition) is 5. The summed E-state index contributed by atoms with van der Waals surface area (Å²) >= 11 is 0. The Morgan fingerprint density at radius 3 is 2.00 bits per heavy atom. The van der Waals surface area contributed by atoms with E-state index in [0.29, 0.717) is 0 Å². The van der Waals surface area contributed by atoms with Gasteiger partial charge in [0.05, 0.1) is 5.75 Å². The molecule has 21 heavy (non-hydrogen) atoms. The van der Waals surface area contributed by atoms with Gasteiger partial charge in [0.1, 0.15) is 17.3 Å². The average Bonchev–Trinajstić information content (AvgIpc) is 2.35. The van der Waals surface area contributed by atoms with Gasteiger partial charge in [0.15, 0.2) is 0 Å². The molecule has 0 bridgehead atoms. The lowest BCUT2D eigenvalue weighted by molar-refractivity contribution is 0.351. The smallest absolute Gasteiger partial charge is 0.298 e. The van der Waals surface area contributed by atoms with Gasteiger partial charge in [0, 0.05) is 0 Å². The summed E-state index contributed by atoms with van der Waals surface area (Å²) in [6.45, 7) is 6.72. The van der Waals surface area contributed by atoms with Gasteiger partial charge >= 0.3 is 0 Å². The van der Waals surface area contributed by atoms with Crippen LogP contribution in [0.25, 0.3) is 0 Å². The first-order chi connectivity index (χ1) is 9.61. The van der Waals surface area contributed by atoms with Crippen molar-refractivity contribution < 1.29 is 30.7 Å². The number of hydrogen-bond donors (Lipinski definition) is 2. The Morgan fingerprint density at radius 2 is 1.62 bits per heavy atom. The average molecular weight is 336 g/mol. The highest BCUT2D eigenvalue weighted by Gasteiger charge is 2.15. The molecule has 0 heterocycles. The summed E-state index contributed by atoms with van der Waals surface area (Å²) < 4.78 is 63.0. The van der Waals surface area contributed by atoms with Crippen molar-refractivity contribution >= 4 is 20.2 Å². The molecule has 0 fully saturated rings. The third-order valence-electron chi connectivity index (χ3n) is 1.81. The Hall–Kier alpha value is -1.68. The second kappa shape index (κ2) is 8.57. The van der Waals surface area contributed by atoms with Gasteiger partial charge in [-0.3, -0.25) is 9.11 Å². The molecule has 1 rings (SSSR count). The maximum atomic E-state index is 10.9. The third kappa shape index (κ3) is 8.97. The van der Waals surface area contributed by atoms with Crippen molar-refractivity contribution in [2.24, 2.45) is 0 Å². The highest BCUT2D eigenvalue weighted by Crippen LogP contribution is 2.22. The molecule has 0 unspecified atom stereocenters. The van der Waals surface area contributed by atoms with Crippen molar-refractivity contribution in [1.29, 1.82) is 0 Å². The van der Waals surface area contributed by atoms with Crippen molar-refractivity contribution in [2.75, 3.05) is 12.4 Å². The molecule has 0 spiro atoms. The Labute approximate surface area is 124 Å². The molecule has 0 amide bonds. The van der Waals surface area contributed by atoms with Gasteiger partial charge in [0.25, 0.3) is 20.2 Å². The molecule has 0 saturated carbocycles. The minimum atomic E-state index is -4.22. The predicted molar refractivity (Wildman–Crippen MR) is 78.6 cm³/mol. The lowest BCUT2D eigenvalue weighted by atomic mass is 10.3. The van der Waals surface area contributed by atoms with Crippen LogP contribution in [0, 0.1) is 0 Å². The van der Waals surface area contributed by atoms with Crippen molar-refractivity contribution in [3.05, 3.63) is 49.6 Å². The van der Waals surface area contributed by atoms with Crippen LogP contribution in [0.3, 0.4) is 0 Å². The van der Waals surface area contributed by atoms with Crippen LogP contribution in [0.2, 0.25) is 0 Å². The largest absolute Gasteiger partial charge is 0.488 e. The molecule has 0 saturated heterocycles. The molecular weight excluding hydrogens is 320 g/mol. The van der Waals surface area contributed by atoms with Crippen LogP contribution in [-0.2, 0) is 20.2 Å². The summed E-state index contributed by atoms with van der Waals surface area (Å²) in [7, 11) is -8.02. The molecule has 0 aromatic heterocycles. The van der Waals surface area contributed by atoms with E-state index in [9.17, 15) is 16.8 Å². The van der Waals surface area contributed by atoms with Crippen LogP contribution < -0.4 is 4.74 Å². The Kier molecular flexibility index (Phi) is 7.89. The SMILES string of the molecule is C=CCOc1ccccc1S(=O)(=O)O.C=CCS(=O)(=O)O. The summed E-state index contributed by atoms with van der Waals surface area (Å²) in [5.74, 6) is -0.248. The molecule has 0 atom stereocenters. The molecule has 2 N–H and O–H groups in total. The molecule has 1 aromatic rings. The molecule has 118 valence electrons. The lowest BCUT2D eigenvalue weighted by Gasteiger charge is -2.06. The maximum Gasteiger partial charge on any atom is 0.298 e. The van der Waals surface area contributed by atoms with E-state index in [4.69, 9.17) is 13.8 Å². The fraction of sp³-hybridized carbons (Fsp3) is 0.167. The van der Waals surface area contributed by atoms with Crippen molar-refractivity contribution in [3.63, 3.8) is 0 Å². The van der Waals surface area contributed by atoms with Gasteiger partial charge < -0.3 is 4.74 Å². The summed E-state index contributed by atoms with van der Waals surface area (Å²) in [5.41, 5.74) is 0. The Bertz CT molecular complexity index is 675. The minimum Gasteiger partial charge on any atom is -0.488 e. The van der Waals surface area contributed by atoms with E-state index in [1.165, 1.54) is 24.3 Å². The highest BCUT2D eigenvalue weighted by molar-refractivity contribution is 7.86. The maximum absolute atomic E-state index is 10.9. The first kappa shape index (κ1) is 19.3. The zero-order chi connectivity index (χ0) is 16.5. The predicted octanol–water partition coefficient (Wildman–Crippen LogP) is 1.56. The van der Waals surface area contributed by atoms with Gasteiger partial charge in [-0.1, -0.05) is 30.9 Å². The Balaban J connectivity index is 0.000000486. The minimum absolute atomic E-state index is 0.120. The normalized spacial score (nSPS) is 11.0. The summed E-state index contributed by atoms with van der Waals surface area (Å²) in [6.07, 6.45) is 2.61. The first-order valence-electron chi connectivity index (χ1n) is 5.48. The van der Waals surface area contributed by atoms with Crippen LogP contribution in [0.4, 0.5) is 0 Å². The fourth-order valence-electron chi connectivity index (χ4n) is 1.08. The van der Waals surface area contributed by atoms with Crippen molar-refractivity contribution in [1.82, 2.24) is 0 Å². The van der Waals surface area contributed by atoms with Crippen molar-refractivity contribution in [3.8, 4) is 5.75 Å². The van der Waals surface area contributed by atoms with E-state index < -0.39 is 20.2 Å². The monoisotopic (exact) mass is 336 g/mol. The number of benzene rings is 1. The van der Waals surface area contributed by atoms with Crippen LogP contribution in [-0.4, -0.2) is 38.3 Å². The fourth-order valence-corrected chi connectivity index (χ4v) is 2.01. The van der Waals surface area contributed by atoms with E-state index in [1.807, 2.05) is 0 Å². The van der Waals surface area contributed by atoms with Crippen molar-refractivity contribution in [2.45, 2.75) is 4.90 Å². The zero-order valence-electron chi connectivity index (χ0n) is 11.0. The summed E-state index contributed by atoms with van der Waals surface area (Å²) in [5, 5.41) is 0. The standard InChI is InChI=1S/C9H10O4S.C3H6O3S/c1-2-7-13-8-5-3-4-6-9(8)14(10,11)12;1-2-3-7(4,5)6/h2-6H,1,7H2,(H,10,11,12);2H,1,3H2,(H,4,5,6). The molecule has 0 radical (unpaired) electrons. The lowest BCUT2D eigenvalue weighted by Crippen LogP contribution is -2.03. The number of rotatable bonds is 6. The number of para-hydroxylation sites is 1. The van der Waals surface area contributed by atoms with Gasteiger partial charge in [-0.05, 0) is 12.1 Å². The molecule has 7 nitrogen and oxygen atoms in total. The van der Waals surface area contributed by atoms with Gasteiger partial charge in [-0.25, -0.2) is 0 Å². The van der Waals surface area contributed by atoms with Crippen LogP contribution in [0.15, 0.2) is 54.5 Å². The summed E-state index contributed by atoms with van der Waals surface area (Å²) in [6, 6.07) is 5.86. The number of ether oxygens (including phenoxy) is 1. The van der Waals surface area contributed by atoms with Gasteiger partial charge in [-0.2, -0.15) is 16.8 Å². The quantitative estimate of drug-likeness (QED) is 0.598. The molecule has 9 heteroatoms. The van der Waals surface area contributed by atoms with E-state index in [2.05, 4.69) is 13.2 Å². The van der Waals surface area contributed by atoms with Crippen LogP contribution in [0.1, 0.15) is 0 Å². The zero-order valence-corrected chi connectivity index (χ0v) is 12.7. The van der Waals surface area contributed by atoms with Gasteiger partial charge in [-0.15, -0.1) is 6.58 Å². The first-order valence-corrected chi connectivity index (χ1v) is 8.53. The van der Waals surface area contributed by atoms with E-state index in [-0.39, 0.29) is 23.0 Å². The molecule has 0 aliphatic carbocycles. The second-order valence-electron chi connectivity index (χ2n) is 3.56. The van der Waals surface area contributed by atoms with Crippen LogP contribution >= 0.6 is 0 Å². The third-order valence-corrected chi connectivity index (χ3v) is 3.36. The molecule has 0 aliphatic rings. The van der Waals surface area contributed by atoms with E-state index in [0.717, 1.165) is 6.08 Å². The van der Waals surface area contributed by atoms with E-state index in [1.54, 1.807) is 6.07 Å². The highest BCUT2D eigenvalue weighted by atomic mass is 32.2. The molecule has 1 aromatic carbocycles. The molecular formula is C12H16O7S2. The topological polar surface area (TPSA) is 118 Å². The van der Waals surface area contributed by atoms with E-state index >= 15 is 0 Å². The van der Waals surface area contributed by atoms with Gasteiger partial charge in [0.2, 0.25) is 0 Å².